The minimum absolute atomic E-state index is 0.530. The van der Waals surface area contributed by atoms with Crippen molar-refractivity contribution in [1.29, 1.82) is 0 Å². The average molecular weight is 358 g/mol. The zero-order valence-corrected chi connectivity index (χ0v) is 17.1. The number of fused-ring (bicyclic) bond motifs is 1. The molecule has 1 fully saturated rings. The summed E-state index contributed by atoms with van der Waals surface area (Å²) in [6.07, 6.45) is 15.7. The molecule has 1 atom stereocenters. The number of aryl methyl sites for hydroxylation is 1. The first-order chi connectivity index (χ1) is 12.7. The van der Waals surface area contributed by atoms with E-state index in [9.17, 15) is 5.11 Å². The number of hydrogen-bond acceptors (Lipinski definition) is 2. The topological polar surface area (TPSA) is 23.5 Å². The van der Waals surface area contributed by atoms with Gasteiger partial charge < -0.3 is 10.0 Å². The van der Waals surface area contributed by atoms with Gasteiger partial charge in [0.05, 0.1) is 0 Å². The Labute approximate surface area is 161 Å². The van der Waals surface area contributed by atoms with Crippen molar-refractivity contribution in [2.24, 2.45) is 5.92 Å². The van der Waals surface area contributed by atoms with Crippen molar-refractivity contribution in [1.82, 2.24) is 4.90 Å². The van der Waals surface area contributed by atoms with Crippen LogP contribution in [0.15, 0.2) is 12.1 Å². The fraction of sp³-hybridized carbons (Fsp3) is 0.750. The van der Waals surface area contributed by atoms with E-state index in [1.807, 2.05) is 6.07 Å². The highest BCUT2D eigenvalue weighted by Gasteiger charge is 2.27. The highest BCUT2D eigenvalue weighted by Crippen LogP contribution is 2.34. The van der Waals surface area contributed by atoms with E-state index in [2.05, 4.69) is 24.8 Å². The van der Waals surface area contributed by atoms with Crippen molar-refractivity contribution in [3.63, 3.8) is 0 Å². The molecule has 2 heteroatoms. The maximum Gasteiger partial charge on any atom is 0.119 e. The maximum atomic E-state index is 10.3. The van der Waals surface area contributed by atoms with Crippen LogP contribution in [-0.4, -0.2) is 29.1 Å². The van der Waals surface area contributed by atoms with Gasteiger partial charge in [0.2, 0.25) is 0 Å². The first-order valence-electron chi connectivity index (χ1n) is 11.3. The van der Waals surface area contributed by atoms with E-state index in [0.29, 0.717) is 11.8 Å². The van der Waals surface area contributed by atoms with Gasteiger partial charge in [-0.15, -0.1) is 0 Å². The molecule has 3 rings (SSSR count). The van der Waals surface area contributed by atoms with Gasteiger partial charge in [-0.2, -0.15) is 0 Å². The van der Waals surface area contributed by atoms with Crippen LogP contribution in [0.25, 0.3) is 0 Å². The summed E-state index contributed by atoms with van der Waals surface area (Å²) < 4.78 is 0. The summed E-state index contributed by atoms with van der Waals surface area (Å²) in [6.45, 7) is 7.08. The second-order valence-corrected chi connectivity index (χ2v) is 8.68. The van der Waals surface area contributed by atoms with Gasteiger partial charge in [-0.25, -0.2) is 0 Å². The lowest BCUT2D eigenvalue weighted by Crippen LogP contribution is -2.41. The van der Waals surface area contributed by atoms with Crippen LogP contribution in [0.2, 0.25) is 0 Å². The number of phenolic OH excluding ortho intramolecular Hbond substituents is 1. The molecule has 0 radical (unpaired) electrons. The summed E-state index contributed by atoms with van der Waals surface area (Å²) in [5.74, 6) is 1.50. The highest BCUT2D eigenvalue weighted by atomic mass is 16.3. The van der Waals surface area contributed by atoms with Crippen LogP contribution in [-0.2, 0) is 19.3 Å². The van der Waals surface area contributed by atoms with Gasteiger partial charge in [0, 0.05) is 6.04 Å². The fourth-order valence-electron chi connectivity index (χ4n) is 5.31. The molecule has 0 amide bonds. The predicted octanol–water partition coefficient (Wildman–Crippen LogP) is 5.88. The zero-order chi connectivity index (χ0) is 18.4. The minimum atomic E-state index is 0.530. The van der Waals surface area contributed by atoms with E-state index in [-0.39, 0.29) is 0 Å². The number of nitrogens with zero attached hydrogens (tertiary/aromatic N) is 1. The van der Waals surface area contributed by atoms with Gasteiger partial charge in [-0.3, -0.25) is 0 Å². The molecule has 0 unspecified atom stereocenters. The Balaban J connectivity index is 1.68. The van der Waals surface area contributed by atoms with Crippen LogP contribution in [0.4, 0.5) is 0 Å². The van der Waals surface area contributed by atoms with Crippen molar-refractivity contribution in [3.05, 3.63) is 28.8 Å². The summed E-state index contributed by atoms with van der Waals surface area (Å²) in [5, 5.41) is 10.3. The number of benzene rings is 1. The van der Waals surface area contributed by atoms with Crippen molar-refractivity contribution >= 4 is 0 Å². The normalized spacial score (nSPS) is 21.1. The molecule has 1 saturated carbocycles. The van der Waals surface area contributed by atoms with Crippen molar-refractivity contribution in [3.8, 4) is 5.75 Å². The molecule has 0 aliphatic heterocycles. The van der Waals surface area contributed by atoms with Gasteiger partial charge in [-0.05, 0) is 80.3 Å². The van der Waals surface area contributed by atoms with Crippen LogP contribution in [0, 0.1) is 5.92 Å². The maximum absolute atomic E-state index is 10.3. The van der Waals surface area contributed by atoms with E-state index >= 15 is 0 Å². The highest BCUT2D eigenvalue weighted by molar-refractivity contribution is 5.46. The van der Waals surface area contributed by atoms with Gasteiger partial charge in [0.1, 0.15) is 5.75 Å². The molecule has 0 aromatic heterocycles. The summed E-state index contributed by atoms with van der Waals surface area (Å²) in [5.41, 5.74) is 4.20. The predicted molar refractivity (Wildman–Crippen MR) is 111 cm³/mol. The molecule has 1 aromatic carbocycles. The first kappa shape index (κ1) is 19.7. The quantitative estimate of drug-likeness (QED) is 0.627. The third-order valence-corrected chi connectivity index (χ3v) is 6.77. The second-order valence-electron chi connectivity index (χ2n) is 8.68. The van der Waals surface area contributed by atoms with Gasteiger partial charge in [0.15, 0.2) is 0 Å². The molecule has 0 heterocycles. The lowest BCUT2D eigenvalue weighted by atomic mass is 9.82. The lowest BCUT2D eigenvalue weighted by molar-refractivity contribution is 0.160. The van der Waals surface area contributed by atoms with E-state index in [1.54, 1.807) is 0 Å². The number of aromatic hydroxyl groups is 1. The molecule has 26 heavy (non-hydrogen) atoms. The standard InChI is InChI=1S/C24H39NO/c1-3-8-20-11-14-24(26)22-13-12-21(18-23(20)22)25(16-4-2)17-15-19-9-6-5-7-10-19/h11,14,19,21,26H,3-10,12-13,15-18H2,1-2H3/t21-/m0/s1. The summed E-state index contributed by atoms with van der Waals surface area (Å²) in [4.78, 5) is 2.79. The van der Waals surface area contributed by atoms with Gasteiger partial charge in [-0.1, -0.05) is 58.4 Å². The first-order valence-corrected chi connectivity index (χ1v) is 11.3. The van der Waals surface area contributed by atoms with Crippen LogP contribution >= 0.6 is 0 Å². The van der Waals surface area contributed by atoms with Gasteiger partial charge >= 0.3 is 0 Å². The fourth-order valence-corrected chi connectivity index (χ4v) is 5.31. The molecule has 146 valence electrons. The smallest absolute Gasteiger partial charge is 0.119 e. The average Bonchev–Trinajstić information content (AvgIpc) is 2.68. The van der Waals surface area contributed by atoms with Crippen LogP contribution in [0.3, 0.4) is 0 Å². The lowest BCUT2D eigenvalue weighted by Gasteiger charge is -2.37. The Morgan fingerprint density at radius 3 is 2.50 bits per heavy atom. The van der Waals surface area contributed by atoms with Crippen LogP contribution in [0.5, 0.6) is 5.75 Å². The summed E-state index contributed by atoms with van der Waals surface area (Å²) in [6, 6.07) is 4.77. The van der Waals surface area contributed by atoms with Crippen molar-refractivity contribution < 1.29 is 5.11 Å². The van der Waals surface area contributed by atoms with E-state index in [1.165, 1.54) is 87.6 Å². The molecule has 0 saturated heterocycles. The Morgan fingerprint density at radius 1 is 0.962 bits per heavy atom. The van der Waals surface area contributed by atoms with E-state index < -0.39 is 0 Å². The number of phenols is 1. The SMILES string of the molecule is CCCc1ccc(O)c2c1C[C@@H](N(CCC)CCC1CCCCC1)CC2. The van der Waals surface area contributed by atoms with E-state index in [4.69, 9.17) is 0 Å². The van der Waals surface area contributed by atoms with Crippen LogP contribution in [0.1, 0.15) is 88.3 Å². The zero-order valence-electron chi connectivity index (χ0n) is 17.1. The molecule has 1 aromatic rings. The van der Waals surface area contributed by atoms with Crippen molar-refractivity contribution in [2.45, 2.75) is 96.9 Å². The summed E-state index contributed by atoms with van der Waals surface area (Å²) in [7, 11) is 0. The molecule has 2 aliphatic rings. The molecule has 0 spiro atoms. The Kier molecular flexibility index (Phi) is 7.42. The minimum Gasteiger partial charge on any atom is -0.508 e. The third kappa shape index (κ3) is 4.82. The molecule has 2 nitrogen and oxygen atoms in total. The molecule has 2 aliphatic carbocycles. The van der Waals surface area contributed by atoms with E-state index in [0.717, 1.165) is 25.2 Å². The monoisotopic (exact) mass is 357 g/mol. The Hall–Kier alpha value is -1.02. The summed E-state index contributed by atoms with van der Waals surface area (Å²) >= 11 is 0. The molecule has 0 bridgehead atoms. The molecule has 1 N–H and O–H groups in total. The van der Waals surface area contributed by atoms with Crippen LogP contribution < -0.4 is 0 Å². The Bertz CT molecular complexity index is 562. The molecular weight excluding hydrogens is 318 g/mol. The number of hydrogen-bond donors (Lipinski definition) is 1. The van der Waals surface area contributed by atoms with Crippen molar-refractivity contribution in [2.75, 3.05) is 13.1 Å². The number of rotatable bonds is 8. The van der Waals surface area contributed by atoms with Gasteiger partial charge in [0.25, 0.3) is 0 Å². The second kappa shape index (κ2) is 9.78. The Morgan fingerprint density at radius 2 is 1.77 bits per heavy atom. The molecular formula is C24H39NO. The third-order valence-electron chi connectivity index (χ3n) is 6.77. The largest absolute Gasteiger partial charge is 0.508 e.